The number of hydrogen-bond donors (Lipinski definition) is 1. The summed E-state index contributed by atoms with van der Waals surface area (Å²) in [6.07, 6.45) is 1.31. The molecule has 0 aliphatic carbocycles. The Kier molecular flexibility index (Phi) is 3.62. The van der Waals surface area contributed by atoms with Crippen LogP contribution in [0.15, 0.2) is 24.5 Å². The number of rotatable bonds is 4. The van der Waals surface area contributed by atoms with Crippen molar-refractivity contribution in [1.29, 1.82) is 0 Å². The van der Waals surface area contributed by atoms with Crippen molar-refractivity contribution in [2.75, 3.05) is 7.11 Å². The van der Waals surface area contributed by atoms with Crippen molar-refractivity contribution in [2.24, 2.45) is 7.05 Å². The van der Waals surface area contributed by atoms with E-state index in [1.807, 2.05) is 32.2 Å². The zero-order chi connectivity index (χ0) is 13.1. The molecule has 0 spiro atoms. The maximum absolute atomic E-state index is 10.2. The van der Waals surface area contributed by atoms with Crippen LogP contribution in [0.25, 0.3) is 0 Å². The first kappa shape index (κ1) is 12.6. The van der Waals surface area contributed by atoms with Gasteiger partial charge in [0.1, 0.15) is 17.9 Å². The van der Waals surface area contributed by atoms with E-state index < -0.39 is 6.10 Å². The summed E-state index contributed by atoms with van der Waals surface area (Å²) in [6, 6.07) is 5.70. The highest BCUT2D eigenvalue weighted by molar-refractivity contribution is 5.37. The fourth-order valence-corrected chi connectivity index (χ4v) is 1.84. The molecule has 2 aromatic rings. The van der Waals surface area contributed by atoms with E-state index >= 15 is 0 Å². The van der Waals surface area contributed by atoms with Gasteiger partial charge in [-0.2, -0.15) is 5.10 Å². The monoisotopic (exact) mass is 247 g/mol. The molecule has 0 saturated heterocycles. The highest BCUT2D eigenvalue weighted by Crippen LogP contribution is 2.24. The van der Waals surface area contributed by atoms with Crippen LogP contribution in [0.3, 0.4) is 0 Å². The smallest absolute Gasteiger partial charge is 0.138 e. The molecule has 5 nitrogen and oxygen atoms in total. The lowest BCUT2D eigenvalue weighted by atomic mass is 10.0. The summed E-state index contributed by atoms with van der Waals surface area (Å²) in [4.78, 5) is 4.10. The van der Waals surface area contributed by atoms with Crippen molar-refractivity contribution >= 4 is 0 Å². The van der Waals surface area contributed by atoms with Crippen LogP contribution in [-0.2, 0) is 13.5 Å². The number of aryl methyl sites for hydroxylation is 2. The van der Waals surface area contributed by atoms with Gasteiger partial charge in [0.25, 0.3) is 0 Å². The lowest BCUT2D eigenvalue weighted by Gasteiger charge is -2.13. The van der Waals surface area contributed by atoms with Gasteiger partial charge in [0.05, 0.1) is 13.2 Å². The molecule has 2 rings (SSSR count). The molecule has 1 heterocycles. The molecule has 5 heteroatoms. The van der Waals surface area contributed by atoms with E-state index in [0.29, 0.717) is 6.42 Å². The van der Waals surface area contributed by atoms with Gasteiger partial charge >= 0.3 is 0 Å². The standard InChI is InChI=1S/C13H17N3O2/c1-9-4-5-10(6-12(9)18-3)11(17)7-13-14-8-15-16(13)2/h4-6,8,11,17H,7H2,1-3H3. The zero-order valence-corrected chi connectivity index (χ0v) is 10.8. The minimum Gasteiger partial charge on any atom is -0.496 e. The lowest BCUT2D eigenvalue weighted by molar-refractivity contribution is 0.174. The summed E-state index contributed by atoms with van der Waals surface area (Å²) in [5.74, 6) is 1.53. The third kappa shape index (κ3) is 2.51. The Morgan fingerprint density at radius 1 is 1.44 bits per heavy atom. The zero-order valence-electron chi connectivity index (χ0n) is 10.8. The molecule has 0 fully saturated rings. The van der Waals surface area contributed by atoms with Gasteiger partial charge in [0.2, 0.25) is 0 Å². The number of methoxy groups -OCH3 is 1. The molecule has 1 unspecified atom stereocenters. The highest BCUT2D eigenvalue weighted by Gasteiger charge is 2.13. The van der Waals surface area contributed by atoms with E-state index in [0.717, 1.165) is 22.7 Å². The highest BCUT2D eigenvalue weighted by atomic mass is 16.5. The van der Waals surface area contributed by atoms with E-state index in [9.17, 15) is 5.11 Å². The molecule has 0 bridgehead atoms. The van der Waals surface area contributed by atoms with Crippen molar-refractivity contribution in [3.05, 3.63) is 41.5 Å². The molecule has 1 aromatic heterocycles. The Bertz CT molecular complexity index is 537. The summed E-state index contributed by atoms with van der Waals surface area (Å²) >= 11 is 0. The minimum atomic E-state index is -0.609. The van der Waals surface area contributed by atoms with E-state index in [2.05, 4.69) is 10.1 Å². The molecule has 1 N–H and O–H groups in total. The molecule has 0 radical (unpaired) electrons. The first-order valence-corrected chi connectivity index (χ1v) is 5.77. The van der Waals surface area contributed by atoms with E-state index in [1.54, 1.807) is 11.8 Å². The largest absolute Gasteiger partial charge is 0.496 e. The van der Waals surface area contributed by atoms with Crippen molar-refractivity contribution < 1.29 is 9.84 Å². The Morgan fingerprint density at radius 3 is 2.83 bits per heavy atom. The number of ether oxygens (including phenoxy) is 1. The number of benzene rings is 1. The molecule has 0 amide bonds. The molecule has 0 saturated carbocycles. The Balaban J connectivity index is 2.18. The first-order chi connectivity index (χ1) is 8.61. The normalized spacial score (nSPS) is 12.4. The minimum absolute atomic E-state index is 0.433. The summed E-state index contributed by atoms with van der Waals surface area (Å²) in [6.45, 7) is 1.97. The molecular weight excluding hydrogens is 230 g/mol. The Hall–Kier alpha value is -1.88. The van der Waals surface area contributed by atoms with E-state index in [1.165, 1.54) is 6.33 Å². The Labute approximate surface area is 106 Å². The molecular formula is C13H17N3O2. The van der Waals surface area contributed by atoms with Crippen LogP contribution in [0, 0.1) is 6.92 Å². The van der Waals surface area contributed by atoms with Crippen LogP contribution >= 0.6 is 0 Å². The van der Waals surface area contributed by atoms with Gasteiger partial charge in [0.15, 0.2) is 0 Å². The second kappa shape index (κ2) is 5.18. The molecule has 0 aliphatic heterocycles. The van der Waals surface area contributed by atoms with Crippen LogP contribution < -0.4 is 4.74 Å². The third-order valence-electron chi connectivity index (χ3n) is 3.00. The average molecular weight is 247 g/mol. The van der Waals surface area contributed by atoms with Crippen LogP contribution in [-0.4, -0.2) is 27.0 Å². The van der Waals surface area contributed by atoms with Crippen LogP contribution in [0.5, 0.6) is 5.75 Å². The summed E-state index contributed by atoms with van der Waals surface area (Å²) in [5.41, 5.74) is 1.87. The summed E-state index contributed by atoms with van der Waals surface area (Å²) in [7, 11) is 3.44. The van der Waals surface area contributed by atoms with Gasteiger partial charge in [-0.15, -0.1) is 0 Å². The predicted molar refractivity (Wildman–Crippen MR) is 67.4 cm³/mol. The molecule has 0 aliphatic rings. The third-order valence-corrected chi connectivity index (χ3v) is 3.00. The average Bonchev–Trinajstić information content (AvgIpc) is 2.75. The van der Waals surface area contributed by atoms with Crippen molar-refractivity contribution in [3.8, 4) is 5.75 Å². The SMILES string of the molecule is COc1cc(C(O)Cc2ncnn2C)ccc1C. The lowest BCUT2D eigenvalue weighted by Crippen LogP contribution is -2.08. The van der Waals surface area contributed by atoms with Gasteiger partial charge in [-0.05, 0) is 24.1 Å². The second-order valence-electron chi connectivity index (χ2n) is 4.25. The fraction of sp³-hybridized carbons (Fsp3) is 0.385. The second-order valence-corrected chi connectivity index (χ2v) is 4.25. The summed E-state index contributed by atoms with van der Waals surface area (Å²) in [5, 5.41) is 14.2. The number of aliphatic hydroxyl groups excluding tert-OH is 1. The van der Waals surface area contributed by atoms with Gasteiger partial charge in [-0.3, -0.25) is 4.68 Å². The Morgan fingerprint density at radius 2 is 2.22 bits per heavy atom. The maximum Gasteiger partial charge on any atom is 0.138 e. The van der Waals surface area contributed by atoms with E-state index in [-0.39, 0.29) is 0 Å². The topological polar surface area (TPSA) is 60.2 Å². The number of hydrogen-bond acceptors (Lipinski definition) is 4. The van der Waals surface area contributed by atoms with Crippen LogP contribution in [0.2, 0.25) is 0 Å². The molecule has 1 aromatic carbocycles. The first-order valence-electron chi connectivity index (χ1n) is 5.77. The maximum atomic E-state index is 10.2. The van der Waals surface area contributed by atoms with E-state index in [4.69, 9.17) is 4.74 Å². The summed E-state index contributed by atoms with van der Waals surface area (Å²) < 4.78 is 6.91. The predicted octanol–water partition coefficient (Wildman–Crippen LogP) is 1.41. The molecule has 1 atom stereocenters. The van der Waals surface area contributed by atoms with Gasteiger partial charge in [-0.1, -0.05) is 12.1 Å². The number of aromatic nitrogens is 3. The number of aliphatic hydroxyl groups is 1. The number of nitrogens with zero attached hydrogens (tertiary/aromatic N) is 3. The van der Waals surface area contributed by atoms with Crippen molar-refractivity contribution in [3.63, 3.8) is 0 Å². The van der Waals surface area contributed by atoms with Gasteiger partial charge in [0, 0.05) is 13.5 Å². The van der Waals surface area contributed by atoms with Gasteiger partial charge in [-0.25, -0.2) is 4.98 Å². The van der Waals surface area contributed by atoms with Crippen molar-refractivity contribution in [2.45, 2.75) is 19.4 Å². The van der Waals surface area contributed by atoms with Crippen LogP contribution in [0.4, 0.5) is 0 Å². The molecule has 18 heavy (non-hydrogen) atoms. The van der Waals surface area contributed by atoms with Crippen LogP contribution in [0.1, 0.15) is 23.1 Å². The fourth-order valence-electron chi connectivity index (χ4n) is 1.84. The van der Waals surface area contributed by atoms with Gasteiger partial charge < -0.3 is 9.84 Å². The quantitative estimate of drug-likeness (QED) is 0.887. The molecule has 96 valence electrons. The van der Waals surface area contributed by atoms with Crippen molar-refractivity contribution in [1.82, 2.24) is 14.8 Å².